The van der Waals surface area contributed by atoms with Crippen molar-refractivity contribution in [3.8, 4) is 6.07 Å². The highest BCUT2D eigenvalue weighted by Crippen LogP contribution is 2.49. The molecule has 0 bridgehead atoms. The van der Waals surface area contributed by atoms with Crippen LogP contribution in [0.2, 0.25) is 0 Å². The highest BCUT2D eigenvalue weighted by molar-refractivity contribution is 7.99. The van der Waals surface area contributed by atoms with Gasteiger partial charge in [0.15, 0.2) is 0 Å². The van der Waals surface area contributed by atoms with Crippen LogP contribution in [-0.2, 0) is 0 Å². The normalized spacial score (nSPS) is 14.0. The summed E-state index contributed by atoms with van der Waals surface area (Å²) in [7, 11) is 2.02. The van der Waals surface area contributed by atoms with Crippen LogP contribution in [0.1, 0.15) is 12.5 Å². The van der Waals surface area contributed by atoms with E-state index in [4.69, 9.17) is 5.11 Å². The molecule has 1 atom stereocenters. The number of benzene rings is 2. The lowest BCUT2D eigenvalue weighted by molar-refractivity contribution is 0.216. The fourth-order valence-corrected chi connectivity index (χ4v) is 4.17. The number of nitriles is 1. The summed E-state index contributed by atoms with van der Waals surface area (Å²) in [4.78, 5) is 6.84. The van der Waals surface area contributed by atoms with Gasteiger partial charge in [-0.25, -0.2) is 0 Å². The van der Waals surface area contributed by atoms with Gasteiger partial charge in [0, 0.05) is 28.9 Å². The zero-order valence-electron chi connectivity index (χ0n) is 13.9. The van der Waals surface area contributed by atoms with E-state index in [1.54, 1.807) is 11.8 Å². The van der Waals surface area contributed by atoms with E-state index >= 15 is 0 Å². The second kappa shape index (κ2) is 7.27. The molecule has 3 rings (SSSR count). The molecule has 2 aromatic rings. The van der Waals surface area contributed by atoms with Crippen LogP contribution in [0.25, 0.3) is 0 Å². The predicted octanol–water partition coefficient (Wildman–Crippen LogP) is 3.47. The minimum absolute atomic E-state index is 0.158. The summed E-state index contributed by atoms with van der Waals surface area (Å²) in [6, 6.07) is 16.7. The molecule has 2 aromatic carbocycles. The number of aliphatic hydroxyl groups excluding tert-OH is 1. The molecule has 124 valence electrons. The second-order valence-corrected chi connectivity index (χ2v) is 7.15. The molecule has 0 amide bonds. The maximum absolute atomic E-state index is 9.26. The maximum Gasteiger partial charge on any atom is 0.0992 e. The minimum atomic E-state index is 0.158. The summed E-state index contributed by atoms with van der Waals surface area (Å²) in [6.07, 6.45) is 0. The van der Waals surface area contributed by atoms with Crippen molar-refractivity contribution in [1.82, 2.24) is 4.90 Å². The number of hydrogen-bond donors (Lipinski definition) is 1. The molecule has 4 nitrogen and oxygen atoms in total. The van der Waals surface area contributed by atoms with Crippen LogP contribution in [-0.4, -0.2) is 42.8 Å². The van der Waals surface area contributed by atoms with Crippen molar-refractivity contribution < 1.29 is 5.11 Å². The quantitative estimate of drug-likeness (QED) is 0.904. The van der Waals surface area contributed by atoms with Crippen LogP contribution in [0.5, 0.6) is 0 Å². The highest BCUT2D eigenvalue weighted by atomic mass is 32.2. The number of anilines is 2. The molecule has 0 fully saturated rings. The SMILES string of the molecule is CC(CN(C)CCO)N1c2ccccc2Sc2ccc(C#N)cc21. The summed E-state index contributed by atoms with van der Waals surface area (Å²) < 4.78 is 0. The number of hydrogen-bond acceptors (Lipinski definition) is 5. The van der Waals surface area contributed by atoms with E-state index in [1.165, 1.54) is 15.5 Å². The highest BCUT2D eigenvalue weighted by Gasteiger charge is 2.27. The van der Waals surface area contributed by atoms with Gasteiger partial charge in [-0.1, -0.05) is 23.9 Å². The molecule has 1 aliphatic heterocycles. The van der Waals surface area contributed by atoms with Crippen molar-refractivity contribution in [1.29, 1.82) is 5.26 Å². The van der Waals surface area contributed by atoms with Crippen molar-refractivity contribution in [2.45, 2.75) is 22.8 Å². The fraction of sp³-hybridized carbons (Fsp3) is 0.316. The largest absolute Gasteiger partial charge is 0.395 e. The van der Waals surface area contributed by atoms with Gasteiger partial charge in [0.1, 0.15) is 0 Å². The number of likely N-dealkylation sites (N-methyl/N-ethyl adjacent to an activating group) is 1. The first-order valence-corrected chi connectivity index (χ1v) is 8.85. The minimum Gasteiger partial charge on any atom is -0.395 e. The molecule has 0 spiro atoms. The van der Waals surface area contributed by atoms with Crippen LogP contribution in [0.3, 0.4) is 0 Å². The van der Waals surface area contributed by atoms with Crippen molar-refractivity contribution in [2.24, 2.45) is 0 Å². The third-order valence-corrected chi connectivity index (χ3v) is 5.32. The first-order valence-electron chi connectivity index (χ1n) is 8.03. The van der Waals surface area contributed by atoms with Crippen molar-refractivity contribution >= 4 is 23.1 Å². The van der Waals surface area contributed by atoms with Crippen LogP contribution in [0, 0.1) is 11.3 Å². The first-order chi connectivity index (χ1) is 11.6. The van der Waals surface area contributed by atoms with E-state index in [0.717, 1.165) is 12.2 Å². The fourth-order valence-electron chi connectivity index (χ4n) is 3.12. The first kappa shape index (κ1) is 16.8. The Morgan fingerprint density at radius 1 is 1.21 bits per heavy atom. The lowest BCUT2D eigenvalue weighted by atomic mass is 10.1. The standard InChI is InChI=1S/C19H21N3OS/c1-14(13-21(2)9-10-23)22-16-5-3-4-6-18(16)24-19-8-7-15(12-20)11-17(19)22/h3-8,11,14,23H,9-10,13H2,1-2H3. The Labute approximate surface area is 147 Å². The van der Waals surface area contributed by atoms with Gasteiger partial charge < -0.3 is 14.9 Å². The molecular formula is C19H21N3OS. The molecule has 0 saturated carbocycles. The molecule has 1 N–H and O–H groups in total. The summed E-state index contributed by atoms with van der Waals surface area (Å²) in [5.41, 5.74) is 2.94. The van der Waals surface area contributed by atoms with Gasteiger partial charge in [-0.2, -0.15) is 5.26 Å². The Balaban J connectivity index is 2.02. The van der Waals surface area contributed by atoms with E-state index in [1.807, 2.05) is 25.2 Å². The predicted molar refractivity (Wildman–Crippen MR) is 97.9 cm³/mol. The smallest absolute Gasteiger partial charge is 0.0992 e. The van der Waals surface area contributed by atoms with Gasteiger partial charge in [0.25, 0.3) is 0 Å². The van der Waals surface area contributed by atoms with E-state index in [2.05, 4.69) is 47.1 Å². The monoisotopic (exact) mass is 339 g/mol. The van der Waals surface area contributed by atoms with E-state index < -0.39 is 0 Å². The van der Waals surface area contributed by atoms with Crippen LogP contribution in [0.15, 0.2) is 52.3 Å². The van der Waals surface area contributed by atoms with E-state index in [0.29, 0.717) is 12.1 Å². The van der Waals surface area contributed by atoms with Crippen molar-refractivity contribution in [2.75, 3.05) is 31.6 Å². The Morgan fingerprint density at radius 3 is 2.71 bits per heavy atom. The molecule has 5 heteroatoms. The van der Waals surface area contributed by atoms with Gasteiger partial charge in [-0.05, 0) is 44.3 Å². The molecule has 0 aliphatic carbocycles. The van der Waals surface area contributed by atoms with Crippen LogP contribution in [0.4, 0.5) is 11.4 Å². The van der Waals surface area contributed by atoms with Crippen LogP contribution < -0.4 is 4.90 Å². The maximum atomic E-state index is 9.26. The number of fused-ring (bicyclic) bond motifs is 2. The molecule has 0 radical (unpaired) electrons. The Morgan fingerprint density at radius 2 is 1.96 bits per heavy atom. The molecule has 0 aromatic heterocycles. The number of nitrogens with zero attached hydrogens (tertiary/aromatic N) is 3. The molecule has 1 aliphatic rings. The lowest BCUT2D eigenvalue weighted by Crippen LogP contribution is -2.40. The Hall–Kier alpha value is -2.00. The van der Waals surface area contributed by atoms with Crippen molar-refractivity contribution in [3.63, 3.8) is 0 Å². The average molecular weight is 339 g/mol. The molecule has 0 saturated heterocycles. The molecule has 24 heavy (non-hydrogen) atoms. The van der Waals surface area contributed by atoms with Gasteiger partial charge in [-0.3, -0.25) is 0 Å². The summed E-state index contributed by atoms with van der Waals surface area (Å²) in [5, 5.41) is 18.4. The third kappa shape index (κ3) is 3.27. The summed E-state index contributed by atoms with van der Waals surface area (Å²) in [6.45, 7) is 3.82. The van der Waals surface area contributed by atoms with Crippen molar-refractivity contribution in [3.05, 3.63) is 48.0 Å². The molecule has 1 heterocycles. The van der Waals surface area contributed by atoms with Gasteiger partial charge in [0.2, 0.25) is 0 Å². The van der Waals surface area contributed by atoms with Crippen LogP contribution >= 0.6 is 11.8 Å². The zero-order valence-corrected chi connectivity index (χ0v) is 14.8. The summed E-state index contributed by atoms with van der Waals surface area (Å²) >= 11 is 1.75. The summed E-state index contributed by atoms with van der Waals surface area (Å²) in [5.74, 6) is 0. The third-order valence-electron chi connectivity index (χ3n) is 4.19. The Bertz CT molecular complexity index is 771. The lowest BCUT2D eigenvalue weighted by Gasteiger charge is -2.38. The number of rotatable bonds is 5. The topological polar surface area (TPSA) is 50.5 Å². The number of para-hydroxylation sites is 1. The van der Waals surface area contributed by atoms with Gasteiger partial charge in [-0.15, -0.1) is 0 Å². The van der Waals surface area contributed by atoms with E-state index in [9.17, 15) is 5.26 Å². The molecule has 1 unspecified atom stereocenters. The van der Waals surface area contributed by atoms with Gasteiger partial charge in [0.05, 0.1) is 29.6 Å². The van der Waals surface area contributed by atoms with E-state index in [-0.39, 0.29) is 12.6 Å². The zero-order chi connectivity index (χ0) is 17.1. The van der Waals surface area contributed by atoms with Gasteiger partial charge >= 0.3 is 0 Å². The Kier molecular flexibility index (Phi) is 5.10. The number of aliphatic hydroxyl groups is 1. The average Bonchev–Trinajstić information content (AvgIpc) is 2.59. The molecular weight excluding hydrogens is 318 g/mol. The second-order valence-electron chi connectivity index (χ2n) is 6.07.